The van der Waals surface area contributed by atoms with Gasteiger partial charge in [-0.05, 0) is 30.3 Å². The van der Waals surface area contributed by atoms with E-state index in [9.17, 15) is 0 Å². The maximum Gasteiger partial charge on any atom is 0.0477 e. The fourth-order valence-corrected chi connectivity index (χ4v) is 5.15. The summed E-state index contributed by atoms with van der Waals surface area (Å²) in [7, 11) is 0. The molecule has 0 spiro atoms. The molecule has 1 nitrogen and oxygen atoms in total. The number of aromatic nitrogens is 1. The van der Waals surface area contributed by atoms with Crippen LogP contribution in [0.25, 0.3) is 21.8 Å². The highest BCUT2D eigenvalue weighted by Gasteiger charge is 2.18. The zero-order valence-corrected chi connectivity index (χ0v) is 12.7. The van der Waals surface area contributed by atoms with Crippen LogP contribution >= 0.6 is 23.5 Å². The zero-order valence-electron chi connectivity index (χ0n) is 11.1. The topological polar surface area (TPSA) is 15.8 Å². The number of benzene rings is 3. The number of para-hydroxylation sites is 1. The van der Waals surface area contributed by atoms with Crippen LogP contribution < -0.4 is 0 Å². The summed E-state index contributed by atoms with van der Waals surface area (Å²) >= 11 is 3.74. The summed E-state index contributed by atoms with van der Waals surface area (Å²) < 4.78 is 0. The third kappa shape index (κ3) is 1.74. The van der Waals surface area contributed by atoms with Gasteiger partial charge in [0.25, 0.3) is 0 Å². The fraction of sp³-hybridized carbons (Fsp3) is 0. The highest BCUT2D eigenvalue weighted by atomic mass is 32.2. The fourth-order valence-electron chi connectivity index (χ4n) is 2.87. The number of rotatable bonds is 0. The summed E-state index contributed by atoms with van der Waals surface area (Å²) in [5.41, 5.74) is 2.43. The van der Waals surface area contributed by atoms with E-state index in [2.05, 4.69) is 65.6 Å². The van der Waals surface area contributed by atoms with E-state index in [-0.39, 0.29) is 0 Å². The Balaban J connectivity index is 1.79. The monoisotopic (exact) mass is 305 g/mol. The molecule has 1 aliphatic heterocycles. The maximum atomic E-state index is 3.53. The number of hydrogen-bond acceptors (Lipinski definition) is 2. The molecule has 1 aromatic heterocycles. The van der Waals surface area contributed by atoms with Gasteiger partial charge in [0.15, 0.2) is 0 Å². The second-order valence-electron chi connectivity index (χ2n) is 5.17. The van der Waals surface area contributed by atoms with Crippen molar-refractivity contribution in [3.63, 3.8) is 0 Å². The van der Waals surface area contributed by atoms with E-state index in [0.717, 1.165) is 0 Å². The second kappa shape index (κ2) is 4.33. The molecule has 100 valence electrons. The molecular formula is C18H11NS2. The van der Waals surface area contributed by atoms with Crippen molar-refractivity contribution >= 4 is 45.3 Å². The lowest BCUT2D eigenvalue weighted by Gasteiger charge is -2.18. The first-order valence-electron chi connectivity index (χ1n) is 6.88. The number of aromatic amines is 1. The Kier molecular flexibility index (Phi) is 2.43. The van der Waals surface area contributed by atoms with Crippen molar-refractivity contribution in [2.75, 3.05) is 0 Å². The Hall–Kier alpha value is -1.84. The van der Waals surface area contributed by atoms with E-state index in [1.165, 1.54) is 41.4 Å². The molecule has 0 amide bonds. The van der Waals surface area contributed by atoms with E-state index < -0.39 is 0 Å². The first kappa shape index (κ1) is 11.8. The van der Waals surface area contributed by atoms with Crippen LogP contribution in [0.1, 0.15) is 0 Å². The highest BCUT2D eigenvalue weighted by Crippen LogP contribution is 2.49. The molecule has 21 heavy (non-hydrogen) atoms. The molecule has 0 unspecified atom stereocenters. The van der Waals surface area contributed by atoms with E-state index in [0.29, 0.717) is 0 Å². The standard InChI is InChI=1S/C18H11NS2/c1-2-6-13-11(5-1)12-9-17-18(10-14(12)19-13)21-16-8-4-3-7-15(16)20-17/h1-10,19H. The molecule has 3 heteroatoms. The SMILES string of the molecule is c1ccc2c(c1)Sc1cc3[nH]c4ccccc4c3cc1S2. The average Bonchev–Trinajstić information content (AvgIpc) is 2.88. The van der Waals surface area contributed by atoms with Crippen LogP contribution in [0.15, 0.2) is 80.2 Å². The van der Waals surface area contributed by atoms with Crippen molar-refractivity contribution in [2.24, 2.45) is 0 Å². The predicted molar refractivity (Wildman–Crippen MR) is 90.5 cm³/mol. The first-order chi connectivity index (χ1) is 10.4. The molecule has 0 saturated carbocycles. The maximum absolute atomic E-state index is 3.53. The van der Waals surface area contributed by atoms with Gasteiger partial charge in [0.05, 0.1) is 0 Å². The third-order valence-electron chi connectivity index (χ3n) is 3.86. The summed E-state index contributed by atoms with van der Waals surface area (Å²) in [5.74, 6) is 0. The highest BCUT2D eigenvalue weighted by molar-refractivity contribution is 8.05. The van der Waals surface area contributed by atoms with Gasteiger partial charge in [-0.3, -0.25) is 0 Å². The average molecular weight is 305 g/mol. The summed E-state index contributed by atoms with van der Waals surface area (Å²) in [4.78, 5) is 8.94. The largest absolute Gasteiger partial charge is 0.354 e. The van der Waals surface area contributed by atoms with Gasteiger partial charge in [0.2, 0.25) is 0 Å². The summed E-state index contributed by atoms with van der Waals surface area (Å²) in [6.45, 7) is 0. The Morgan fingerprint density at radius 3 is 2.05 bits per heavy atom. The molecule has 0 radical (unpaired) electrons. The van der Waals surface area contributed by atoms with Gasteiger partial charge in [-0.2, -0.15) is 0 Å². The Bertz CT molecular complexity index is 1000. The van der Waals surface area contributed by atoms with Crippen molar-refractivity contribution in [3.05, 3.63) is 60.7 Å². The molecule has 0 saturated heterocycles. The van der Waals surface area contributed by atoms with Crippen LogP contribution in [0, 0.1) is 0 Å². The summed E-state index contributed by atoms with van der Waals surface area (Å²) in [5, 5.41) is 2.62. The van der Waals surface area contributed by atoms with E-state index in [4.69, 9.17) is 0 Å². The molecule has 0 aliphatic carbocycles. The molecule has 4 aromatic rings. The molecule has 0 fully saturated rings. The van der Waals surface area contributed by atoms with Crippen molar-refractivity contribution in [3.8, 4) is 0 Å². The predicted octanol–water partition coefficient (Wildman–Crippen LogP) is 5.94. The van der Waals surface area contributed by atoms with E-state index in [1.54, 1.807) is 0 Å². The van der Waals surface area contributed by atoms with Crippen molar-refractivity contribution < 1.29 is 0 Å². The number of fused-ring (bicyclic) bond motifs is 5. The second-order valence-corrected chi connectivity index (χ2v) is 7.33. The zero-order chi connectivity index (χ0) is 13.8. The molecule has 5 rings (SSSR count). The minimum absolute atomic E-state index is 1.21. The number of nitrogens with one attached hydrogen (secondary N) is 1. The van der Waals surface area contributed by atoms with Crippen LogP contribution in [-0.4, -0.2) is 4.98 Å². The van der Waals surface area contributed by atoms with Crippen LogP contribution in [0.4, 0.5) is 0 Å². The number of H-pyrrole nitrogens is 1. The smallest absolute Gasteiger partial charge is 0.0477 e. The van der Waals surface area contributed by atoms with Gasteiger partial charge in [-0.1, -0.05) is 53.9 Å². The Labute approximate surface area is 130 Å². The molecule has 0 bridgehead atoms. The minimum Gasteiger partial charge on any atom is -0.354 e. The van der Waals surface area contributed by atoms with Crippen molar-refractivity contribution in [1.82, 2.24) is 4.98 Å². The van der Waals surface area contributed by atoms with Crippen molar-refractivity contribution in [1.29, 1.82) is 0 Å². The van der Waals surface area contributed by atoms with Gasteiger partial charge >= 0.3 is 0 Å². The van der Waals surface area contributed by atoms with E-state index >= 15 is 0 Å². The Morgan fingerprint density at radius 1 is 0.571 bits per heavy atom. The molecule has 2 heterocycles. The van der Waals surface area contributed by atoms with Gasteiger partial charge in [0.1, 0.15) is 0 Å². The molecule has 0 atom stereocenters. The lowest BCUT2D eigenvalue weighted by molar-refractivity contribution is 1.17. The van der Waals surface area contributed by atoms with Gasteiger partial charge < -0.3 is 4.98 Å². The van der Waals surface area contributed by atoms with Gasteiger partial charge in [0, 0.05) is 41.4 Å². The summed E-state index contributed by atoms with van der Waals surface area (Å²) in [6, 6.07) is 21.8. The minimum atomic E-state index is 1.21. The normalized spacial score (nSPS) is 13.3. The first-order valence-corrected chi connectivity index (χ1v) is 8.51. The quantitative estimate of drug-likeness (QED) is 0.381. The summed E-state index contributed by atoms with van der Waals surface area (Å²) in [6.07, 6.45) is 0. The van der Waals surface area contributed by atoms with Crippen LogP contribution in [0.3, 0.4) is 0 Å². The molecule has 1 N–H and O–H groups in total. The van der Waals surface area contributed by atoms with Crippen LogP contribution in [0.5, 0.6) is 0 Å². The van der Waals surface area contributed by atoms with Gasteiger partial charge in [-0.25, -0.2) is 0 Å². The number of hydrogen-bond donors (Lipinski definition) is 1. The molecular weight excluding hydrogens is 294 g/mol. The van der Waals surface area contributed by atoms with E-state index in [1.807, 2.05) is 23.5 Å². The third-order valence-corrected chi connectivity index (χ3v) is 6.39. The van der Waals surface area contributed by atoms with Crippen LogP contribution in [0.2, 0.25) is 0 Å². The Morgan fingerprint density at radius 2 is 1.24 bits per heavy atom. The van der Waals surface area contributed by atoms with Crippen LogP contribution in [-0.2, 0) is 0 Å². The van der Waals surface area contributed by atoms with Crippen molar-refractivity contribution in [2.45, 2.75) is 19.6 Å². The van der Waals surface area contributed by atoms with Gasteiger partial charge in [-0.15, -0.1) is 0 Å². The lowest BCUT2D eigenvalue weighted by atomic mass is 10.1. The molecule has 3 aromatic carbocycles. The molecule has 1 aliphatic rings. The lowest BCUT2D eigenvalue weighted by Crippen LogP contribution is -1.88.